The molecule has 7 nitrogen and oxygen atoms in total. The Morgan fingerprint density at radius 1 is 1.29 bits per heavy atom. The minimum Gasteiger partial charge on any atom is -0.378 e. The van der Waals surface area contributed by atoms with Gasteiger partial charge >= 0.3 is 0 Å². The van der Waals surface area contributed by atoms with Crippen molar-refractivity contribution >= 4 is 28.3 Å². The van der Waals surface area contributed by atoms with E-state index in [9.17, 15) is 4.79 Å². The van der Waals surface area contributed by atoms with Gasteiger partial charge in [0, 0.05) is 43.6 Å². The van der Waals surface area contributed by atoms with Gasteiger partial charge in [0.1, 0.15) is 5.82 Å². The number of hydrogen-bond donors (Lipinski definition) is 1. The molecule has 0 atom stereocenters. The van der Waals surface area contributed by atoms with Gasteiger partial charge in [0.05, 0.1) is 35.9 Å². The molecule has 2 aromatic heterocycles. The molecule has 0 spiro atoms. The molecule has 4 rings (SSSR count). The summed E-state index contributed by atoms with van der Waals surface area (Å²) in [7, 11) is 1.93. The van der Waals surface area contributed by atoms with Crippen LogP contribution in [0.25, 0.3) is 10.9 Å². The zero-order chi connectivity index (χ0) is 19.7. The lowest BCUT2D eigenvalue weighted by molar-refractivity contribution is 0.0303. The second-order valence-electron chi connectivity index (χ2n) is 6.88. The maximum absolute atomic E-state index is 13.0. The summed E-state index contributed by atoms with van der Waals surface area (Å²) in [5.74, 6) is 0.658. The predicted molar refractivity (Wildman–Crippen MR) is 107 cm³/mol. The summed E-state index contributed by atoms with van der Waals surface area (Å²) in [4.78, 5) is 19.4. The summed E-state index contributed by atoms with van der Waals surface area (Å²) in [5.41, 5.74) is 3.89. The number of nitrogens with one attached hydrogen (secondary N) is 1. The second-order valence-corrected chi connectivity index (χ2v) is 6.88. The van der Waals surface area contributed by atoms with Gasteiger partial charge < -0.3 is 19.5 Å². The van der Waals surface area contributed by atoms with Crippen LogP contribution in [0.3, 0.4) is 0 Å². The zero-order valence-electron chi connectivity index (χ0n) is 15.9. The maximum Gasteiger partial charge on any atom is 0.257 e. The van der Waals surface area contributed by atoms with Gasteiger partial charge in [-0.1, -0.05) is 0 Å². The first-order valence-electron chi connectivity index (χ1n) is 9.17. The second kappa shape index (κ2) is 7.33. The summed E-state index contributed by atoms with van der Waals surface area (Å²) in [6.07, 6.45) is 3.57. The number of fused-ring (bicyclic) bond motifs is 1. The molecule has 0 radical (unpaired) electrons. The summed E-state index contributed by atoms with van der Waals surface area (Å²) in [5, 5.41) is 13.3. The molecule has 0 unspecified atom stereocenters. The standard InChI is InChI=1S/C21H21N5O2/c1-14-11-15(12-22)3-4-18(14)24-20-16-5-6-25(2)19(16)17(13-23-20)21(27)26-7-9-28-10-8-26/h3-6,11,13H,7-10H2,1-2H3,(H,23,24). The van der Waals surface area contributed by atoms with Crippen LogP contribution in [0.4, 0.5) is 11.5 Å². The van der Waals surface area contributed by atoms with Gasteiger partial charge in [-0.15, -0.1) is 0 Å². The first-order valence-corrected chi connectivity index (χ1v) is 9.17. The van der Waals surface area contributed by atoms with E-state index in [-0.39, 0.29) is 5.91 Å². The Morgan fingerprint density at radius 2 is 2.07 bits per heavy atom. The van der Waals surface area contributed by atoms with Gasteiger partial charge in [0.15, 0.2) is 0 Å². The van der Waals surface area contributed by atoms with E-state index in [1.54, 1.807) is 12.3 Å². The van der Waals surface area contributed by atoms with Crippen LogP contribution in [-0.2, 0) is 11.8 Å². The molecule has 142 valence electrons. The van der Waals surface area contributed by atoms with Gasteiger partial charge in [0.2, 0.25) is 0 Å². The molecule has 3 aromatic rings. The summed E-state index contributed by atoms with van der Waals surface area (Å²) in [6.45, 7) is 4.26. The van der Waals surface area contributed by atoms with Crippen LogP contribution >= 0.6 is 0 Å². The molecule has 1 N–H and O–H groups in total. The van der Waals surface area contributed by atoms with Gasteiger partial charge in [0.25, 0.3) is 5.91 Å². The number of amides is 1. The fourth-order valence-electron chi connectivity index (χ4n) is 3.51. The summed E-state index contributed by atoms with van der Waals surface area (Å²) >= 11 is 0. The van der Waals surface area contributed by atoms with Gasteiger partial charge in [-0.3, -0.25) is 4.79 Å². The fourth-order valence-corrected chi connectivity index (χ4v) is 3.51. The maximum atomic E-state index is 13.0. The highest BCUT2D eigenvalue weighted by atomic mass is 16.5. The van der Waals surface area contributed by atoms with Crippen LogP contribution in [0.2, 0.25) is 0 Å². The highest BCUT2D eigenvalue weighted by molar-refractivity contribution is 6.08. The lowest BCUT2D eigenvalue weighted by Gasteiger charge is -2.27. The highest BCUT2D eigenvalue weighted by Crippen LogP contribution is 2.29. The molecule has 7 heteroatoms. The van der Waals surface area contributed by atoms with Gasteiger partial charge in [-0.05, 0) is 36.8 Å². The first kappa shape index (κ1) is 18.0. The monoisotopic (exact) mass is 375 g/mol. The molecule has 3 heterocycles. The average Bonchev–Trinajstić information content (AvgIpc) is 3.12. The Labute approximate surface area is 163 Å². The quantitative estimate of drug-likeness (QED) is 0.761. The Hall–Kier alpha value is -3.37. The number of ether oxygens (including phenoxy) is 1. The third-order valence-electron chi connectivity index (χ3n) is 5.04. The van der Waals surface area contributed by atoms with Crippen molar-refractivity contribution < 1.29 is 9.53 Å². The minimum absolute atomic E-state index is 0.0243. The highest BCUT2D eigenvalue weighted by Gasteiger charge is 2.23. The molecule has 0 bridgehead atoms. The predicted octanol–water partition coefficient (Wildman–Crippen LogP) is 2.97. The Balaban J connectivity index is 1.72. The Kier molecular flexibility index (Phi) is 4.72. The topological polar surface area (TPSA) is 83.2 Å². The zero-order valence-corrected chi connectivity index (χ0v) is 15.9. The van der Waals surface area contributed by atoms with Crippen molar-refractivity contribution in [2.45, 2.75) is 6.92 Å². The largest absolute Gasteiger partial charge is 0.378 e. The van der Waals surface area contributed by atoms with E-state index in [0.29, 0.717) is 43.2 Å². The van der Waals surface area contributed by atoms with Crippen molar-refractivity contribution in [3.8, 4) is 6.07 Å². The molecule has 0 saturated carbocycles. The van der Waals surface area contributed by atoms with E-state index >= 15 is 0 Å². The number of nitrogens with zero attached hydrogens (tertiary/aromatic N) is 4. The van der Waals surface area contributed by atoms with Crippen molar-refractivity contribution in [3.63, 3.8) is 0 Å². The van der Waals surface area contributed by atoms with Crippen LogP contribution < -0.4 is 5.32 Å². The van der Waals surface area contributed by atoms with E-state index in [4.69, 9.17) is 10.00 Å². The third kappa shape index (κ3) is 3.19. The number of nitriles is 1. The number of aromatic nitrogens is 2. The van der Waals surface area contributed by atoms with Gasteiger partial charge in [-0.2, -0.15) is 5.26 Å². The van der Waals surface area contributed by atoms with E-state index < -0.39 is 0 Å². The molecular weight excluding hydrogens is 354 g/mol. The van der Waals surface area contributed by atoms with Crippen molar-refractivity contribution in [2.24, 2.45) is 7.05 Å². The van der Waals surface area contributed by atoms with Crippen LogP contribution in [0.15, 0.2) is 36.7 Å². The summed E-state index contributed by atoms with van der Waals surface area (Å²) in [6, 6.07) is 9.58. The van der Waals surface area contributed by atoms with E-state index in [0.717, 1.165) is 22.2 Å². The van der Waals surface area contributed by atoms with E-state index in [2.05, 4.69) is 16.4 Å². The number of pyridine rings is 1. The van der Waals surface area contributed by atoms with Crippen LogP contribution in [0, 0.1) is 18.3 Å². The van der Waals surface area contributed by atoms with Crippen LogP contribution in [0.1, 0.15) is 21.5 Å². The lowest BCUT2D eigenvalue weighted by Crippen LogP contribution is -2.40. The Morgan fingerprint density at radius 3 is 2.79 bits per heavy atom. The smallest absolute Gasteiger partial charge is 0.257 e. The number of carbonyl (C=O) groups excluding carboxylic acids is 1. The van der Waals surface area contributed by atoms with Crippen molar-refractivity contribution in [2.75, 3.05) is 31.6 Å². The molecule has 1 fully saturated rings. The number of benzene rings is 1. The SMILES string of the molecule is Cc1cc(C#N)ccc1Nc1ncc(C(=O)N2CCOCC2)c2c1ccn2C. The number of anilines is 2. The van der Waals surface area contributed by atoms with Crippen molar-refractivity contribution in [3.05, 3.63) is 53.3 Å². The van der Waals surface area contributed by atoms with E-state index in [1.807, 2.05) is 47.8 Å². The first-order chi connectivity index (χ1) is 13.6. The number of carbonyl (C=O) groups is 1. The number of aryl methyl sites for hydroxylation is 2. The van der Waals surface area contributed by atoms with Crippen LogP contribution in [0.5, 0.6) is 0 Å². The molecule has 1 aliphatic heterocycles. The van der Waals surface area contributed by atoms with E-state index in [1.165, 1.54) is 0 Å². The van der Waals surface area contributed by atoms with Crippen molar-refractivity contribution in [1.82, 2.24) is 14.5 Å². The summed E-state index contributed by atoms with van der Waals surface area (Å²) < 4.78 is 7.30. The molecule has 28 heavy (non-hydrogen) atoms. The molecule has 0 aliphatic carbocycles. The van der Waals surface area contributed by atoms with Crippen LogP contribution in [-0.4, -0.2) is 46.7 Å². The average molecular weight is 375 g/mol. The molecule has 1 amide bonds. The molecule has 1 aromatic carbocycles. The molecular formula is C21H21N5O2. The minimum atomic E-state index is -0.0243. The number of rotatable bonds is 3. The lowest BCUT2D eigenvalue weighted by atomic mass is 10.1. The van der Waals surface area contributed by atoms with Crippen molar-refractivity contribution in [1.29, 1.82) is 5.26 Å². The Bertz CT molecular complexity index is 1090. The number of morpholine rings is 1. The molecule has 1 saturated heterocycles. The van der Waals surface area contributed by atoms with Gasteiger partial charge in [-0.25, -0.2) is 4.98 Å². The normalized spacial score (nSPS) is 14.1. The number of hydrogen-bond acceptors (Lipinski definition) is 5. The molecule has 1 aliphatic rings. The fraction of sp³-hybridized carbons (Fsp3) is 0.286. The third-order valence-corrected chi connectivity index (χ3v) is 5.04.